The third kappa shape index (κ3) is 4.94. The van der Waals surface area contributed by atoms with Crippen molar-refractivity contribution < 1.29 is 5.21 Å². The lowest BCUT2D eigenvalue weighted by molar-refractivity contribution is 0.312. The number of nitrogens with one attached hydrogen (secondary N) is 1. The maximum Gasteiger partial charge on any atom is 0.152 e. The zero-order chi connectivity index (χ0) is 6.24. The Balaban J connectivity index is 0.000000145. The van der Waals surface area contributed by atoms with E-state index in [-0.39, 0.29) is 0 Å². The summed E-state index contributed by atoms with van der Waals surface area (Å²) in [6, 6.07) is 0. The summed E-state index contributed by atoms with van der Waals surface area (Å²) in [6.45, 7) is 1.14. The lowest BCUT2D eigenvalue weighted by Crippen LogP contribution is -1.96. The Morgan fingerprint density at radius 2 is 2.38 bits per heavy atom. The van der Waals surface area contributed by atoms with Crippen LogP contribution in [0.5, 0.6) is 0 Å². The molecular formula is C4H8N2O2. The van der Waals surface area contributed by atoms with Gasteiger partial charge in [-0.1, -0.05) is 6.08 Å². The van der Waals surface area contributed by atoms with Crippen molar-refractivity contribution in [2.24, 2.45) is 5.34 Å². The quantitative estimate of drug-likeness (QED) is 0.360. The van der Waals surface area contributed by atoms with Crippen molar-refractivity contribution in [3.05, 3.63) is 17.2 Å². The molecule has 46 valence electrons. The number of nitrogens with zero attached hydrogens (tertiary/aromatic N) is 1. The van der Waals surface area contributed by atoms with Crippen molar-refractivity contribution in [2.75, 3.05) is 6.54 Å². The van der Waals surface area contributed by atoms with Gasteiger partial charge in [0.25, 0.3) is 0 Å². The van der Waals surface area contributed by atoms with E-state index in [2.05, 4.69) is 11.4 Å². The summed E-state index contributed by atoms with van der Waals surface area (Å²) < 4.78 is 0. The molecule has 0 fully saturated rings. The minimum Gasteiger partial charge on any atom is -0.391 e. The minimum atomic E-state index is 1.14. The number of hydrogen-bond acceptors (Lipinski definition) is 3. The number of rotatable bonds is 0. The molecule has 0 aromatic carbocycles. The van der Waals surface area contributed by atoms with Crippen LogP contribution >= 0.6 is 0 Å². The molecule has 0 aromatic heterocycles. The highest BCUT2D eigenvalue weighted by atomic mass is 16.6. The Bertz CT molecular complexity index is 76.1. The smallest absolute Gasteiger partial charge is 0.152 e. The van der Waals surface area contributed by atoms with Gasteiger partial charge in [0.1, 0.15) is 0 Å². The lowest BCUT2D eigenvalue weighted by Gasteiger charge is -1.78. The van der Waals surface area contributed by atoms with Crippen molar-refractivity contribution in [1.29, 1.82) is 0 Å². The van der Waals surface area contributed by atoms with Crippen LogP contribution in [0.3, 0.4) is 0 Å². The molecule has 1 aliphatic rings. The molecule has 0 aliphatic carbocycles. The van der Waals surface area contributed by atoms with Crippen LogP contribution in [-0.2, 0) is 0 Å². The Morgan fingerprint density at radius 1 is 1.75 bits per heavy atom. The van der Waals surface area contributed by atoms with Gasteiger partial charge >= 0.3 is 0 Å². The molecule has 1 aliphatic heterocycles. The third-order valence-corrected chi connectivity index (χ3v) is 0.691. The van der Waals surface area contributed by atoms with E-state index >= 15 is 0 Å². The van der Waals surface area contributed by atoms with Crippen molar-refractivity contribution in [3.8, 4) is 0 Å². The first-order valence-electron chi connectivity index (χ1n) is 2.27. The highest BCUT2D eigenvalue weighted by Gasteiger charge is 1.81. The average molecular weight is 116 g/mol. The Labute approximate surface area is 47.1 Å². The van der Waals surface area contributed by atoms with Gasteiger partial charge < -0.3 is 10.5 Å². The molecule has 4 heteroatoms. The summed E-state index contributed by atoms with van der Waals surface area (Å²) in [6.07, 6.45) is 5.32. The minimum absolute atomic E-state index is 1.14. The molecule has 8 heavy (non-hydrogen) atoms. The summed E-state index contributed by atoms with van der Waals surface area (Å²) in [5, 5.41) is 10.9. The molecule has 0 unspecified atom stereocenters. The molecule has 0 amide bonds. The van der Waals surface area contributed by atoms with Crippen LogP contribution in [0.4, 0.5) is 0 Å². The van der Waals surface area contributed by atoms with E-state index < -0.39 is 0 Å². The van der Waals surface area contributed by atoms with Gasteiger partial charge in [0, 0.05) is 6.54 Å². The molecule has 4 nitrogen and oxygen atoms in total. The molecular weight excluding hydrogens is 108 g/mol. The van der Waals surface area contributed by atoms with Gasteiger partial charge in [-0.15, -0.1) is 4.91 Å². The molecule has 0 saturated carbocycles. The highest BCUT2D eigenvalue weighted by molar-refractivity contribution is 4.86. The van der Waals surface area contributed by atoms with Crippen LogP contribution in [0, 0.1) is 4.91 Å². The maximum absolute atomic E-state index is 8.11. The first kappa shape index (κ1) is 6.94. The third-order valence-electron chi connectivity index (χ3n) is 0.691. The summed E-state index contributed by atoms with van der Waals surface area (Å²) in [5.41, 5.74) is 0. The van der Waals surface area contributed by atoms with E-state index in [1.165, 1.54) is 11.8 Å². The summed E-state index contributed by atoms with van der Waals surface area (Å²) >= 11 is 0. The van der Waals surface area contributed by atoms with Gasteiger partial charge in [0.2, 0.25) is 0 Å². The second kappa shape index (κ2) is 5.94. The Kier molecular flexibility index (Phi) is 5.15. The van der Waals surface area contributed by atoms with Gasteiger partial charge in [0.15, 0.2) is 5.34 Å². The molecule has 0 spiro atoms. The van der Waals surface area contributed by atoms with E-state index in [1.54, 1.807) is 0 Å². The largest absolute Gasteiger partial charge is 0.391 e. The Morgan fingerprint density at radius 3 is 2.50 bits per heavy atom. The summed E-state index contributed by atoms with van der Waals surface area (Å²) in [5.74, 6) is 0. The molecule has 0 saturated heterocycles. The Hall–Kier alpha value is -1.06. The number of hydrogen-bond donors (Lipinski definition) is 2. The van der Waals surface area contributed by atoms with Gasteiger partial charge in [0.05, 0.1) is 0 Å². The van der Waals surface area contributed by atoms with Gasteiger partial charge in [-0.05, 0) is 12.6 Å². The first-order valence-corrected chi connectivity index (χ1v) is 2.27. The topological polar surface area (TPSA) is 61.7 Å². The summed E-state index contributed by atoms with van der Waals surface area (Å²) in [4.78, 5) is 8.11. The van der Waals surface area contributed by atoms with E-state index in [4.69, 9.17) is 10.1 Å². The predicted octanol–water partition coefficient (Wildman–Crippen LogP) is 0.635. The fourth-order valence-electron chi connectivity index (χ4n) is 0.417. The molecule has 0 aromatic rings. The standard InChI is InChI=1S/C4H7N.HNO2/c1-2-4-5-3-1;2-1-3/h1,3,5H,2,4H2;(H,2,3). The fourth-order valence-corrected chi connectivity index (χ4v) is 0.417. The van der Waals surface area contributed by atoms with Crippen LogP contribution in [0.25, 0.3) is 0 Å². The van der Waals surface area contributed by atoms with Crippen molar-refractivity contribution >= 4 is 0 Å². The van der Waals surface area contributed by atoms with E-state index in [0.29, 0.717) is 0 Å². The fraction of sp³-hybridized carbons (Fsp3) is 0.500. The molecule has 0 bridgehead atoms. The van der Waals surface area contributed by atoms with Gasteiger partial charge in [-0.3, -0.25) is 0 Å². The van der Waals surface area contributed by atoms with E-state index in [0.717, 1.165) is 6.54 Å². The first-order chi connectivity index (χ1) is 3.91. The van der Waals surface area contributed by atoms with Crippen LogP contribution in [-0.4, -0.2) is 11.8 Å². The van der Waals surface area contributed by atoms with Crippen molar-refractivity contribution in [3.63, 3.8) is 0 Å². The van der Waals surface area contributed by atoms with Crippen LogP contribution < -0.4 is 5.32 Å². The van der Waals surface area contributed by atoms with Crippen LogP contribution in [0.2, 0.25) is 0 Å². The zero-order valence-electron chi connectivity index (χ0n) is 4.37. The van der Waals surface area contributed by atoms with Crippen molar-refractivity contribution in [1.82, 2.24) is 5.32 Å². The van der Waals surface area contributed by atoms with Crippen LogP contribution in [0.1, 0.15) is 6.42 Å². The maximum atomic E-state index is 8.11. The summed E-state index contributed by atoms with van der Waals surface area (Å²) in [7, 11) is 0. The van der Waals surface area contributed by atoms with E-state index in [1.807, 2.05) is 6.20 Å². The van der Waals surface area contributed by atoms with Gasteiger partial charge in [-0.2, -0.15) is 0 Å². The normalized spacial score (nSPS) is 13.5. The SMILES string of the molecule is C1=CNCC1.O=NO. The predicted molar refractivity (Wildman–Crippen MR) is 29.3 cm³/mol. The van der Waals surface area contributed by atoms with Gasteiger partial charge in [-0.25, -0.2) is 0 Å². The average Bonchev–Trinajstić information content (AvgIpc) is 2.17. The van der Waals surface area contributed by atoms with Crippen molar-refractivity contribution in [2.45, 2.75) is 6.42 Å². The monoisotopic (exact) mass is 116 g/mol. The zero-order valence-corrected chi connectivity index (χ0v) is 4.37. The second-order valence-electron chi connectivity index (χ2n) is 1.23. The molecule has 0 atom stereocenters. The van der Waals surface area contributed by atoms with Crippen LogP contribution in [0.15, 0.2) is 17.6 Å². The molecule has 0 radical (unpaired) electrons. The van der Waals surface area contributed by atoms with E-state index in [9.17, 15) is 0 Å². The second-order valence-corrected chi connectivity index (χ2v) is 1.23. The molecule has 1 heterocycles. The molecule has 1 rings (SSSR count). The highest BCUT2D eigenvalue weighted by Crippen LogP contribution is 1.84. The lowest BCUT2D eigenvalue weighted by atomic mass is 10.5. The molecule has 2 N–H and O–H groups in total.